The number of hydrogen-bond acceptors (Lipinski definition) is 4. The number of thioether (sulfide) groups is 1. The van der Waals surface area contributed by atoms with Crippen molar-refractivity contribution in [3.05, 3.63) is 42.2 Å². The van der Waals surface area contributed by atoms with E-state index in [4.69, 9.17) is 0 Å². The Morgan fingerprint density at radius 1 is 1.21 bits per heavy atom. The maximum absolute atomic E-state index is 12.8. The van der Waals surface area contributed by atoms with Crippen molar-refractivity contribution in [2.24, 2.45) is 7.05 Å². The molecule has 3 rings (SSSR count). The maximum Gasteiger partial charge on any atom is 0.255 e. The minimum absolute atomic E-state index is 0. The van der Waals surface area contributed by atoms with Crippen molar-refractivity contribution < 1.29 is 4.79 Å². The number of piperazine rings is 1. The number of imidazole rings is 1. The van der Waals surface area contributed by atoms with Crippen molar-refractivity contribution >= 4 is 36.0 Å². The Morgan fingerprint density at radius 3 is 2.54 bits per heavy atom. The van der Waals surface area contributed by atoms with Gasteiger partial charge in [0, 0.05) is 50.5 Å². The zero-order valence-electron chi connectivity index (χ0n) is 14.0. The van der Waals surface area contributed by atoms with Gasteiger partial charge in [0.1, 0.15) is 0 Å². The normalized spacial score (nSPS) is 14.4. The zero-order valence-corrected chi connectivity index (χ0v) is 15.6. The molecule has 2 heterocycles. The first-order chi connectivity index (χ1) is 11.2. The lowest BCUT2D eigenvalue weighted by Crippen LogP contribution is -2.49. The summed E-state index contributed by atoms with van der Waals surface area (Å²) < 4.78 is 2.02. The van der Waals surface area contributed by atoms with Crippen molar-refractivity contribution in [3.63, 3.8) is 0 Å². The van der Waals surface area contributed by atoms with Crippen molar-refractivity contribution in [1.82, 2.24) is 14.5 Å². The molecule has 0 aliphatic carbocycles. The molecule has 1 fully saturated rings. The van der Waals surface area contributed by atoms with Crippen LogP contribution in [0.3, 0.4) is 0 Å². The fraction of sp³-hybridized carbons (Fsp3) is 0.412. The molecule has 0 N–H and O–H groups in total. The molecule has 0 unspecified atom stereocenters. The molecule has 0 spiro atoms. The van der Waals surface area contributed by atoms with Gasteiger partial charge in [-0.3, -0.25) is 4.79 Å². The summed E-state index contributed by atoms with van der Waals surface area (Å²) in [5, 5.41) is 0. The van der Waals surface area contributed by atoms with E-state index in [0.717, 1.165) is 48.3 Å². The Kier molecular flexibility index (Phi) is 6.57. The summed E-state index contributed by atoms with van der Waals surface area (Å²) in [6.45, 7) is 5.21. The second kappa shape index (κ2) is 8.44. The molecule has 130 valence electrons. The first-order valence-electron chi connectivity index (χ1n) is 7.94. The van der Waals surface area contributed by atoms with Crippen LogP contribution in [0.15, 0.2) is 41.6 Å². The summed E-state index contributed by atoms with van der Waals surface area (Å²) >= 11 is 1.72. The van der Waals surface area contributed by atoms with E-state index in [1.165, 1.54) is 0 Å². The molecule has 1 aromatic heterocycles. The number of carbonyl (C=O) groups is 1. The predicted octanol–water partition coefficient (Wildman–Crippen LogP) is 2.92. The van der Waals surface area contributed by atoms with Crippen LogP contribution in [-0.4, -0.2) is 52.3 Å². The number of carbonyl (C=O) groups excluding carboxylic acids is 1. The summed E-state index contributed by atoms with van der Waals surface area (Å²) in [5.41, 5.74) is 0.824. The SMILES string of the molecule is CCSc1ccccc1C(=O)N1CCN(c2nccn2C)CC1.Cl. The molecule has 7 heteroatoms. The number of aryl methyl sites for hydroxylation is 1. The highest BCUT2D eigenvalue weighted by molar-refractivity contribution is 7.99. The molecule has 1 amide bonds. The van der Waals surface area contributed by atoms with Crippen molar-refractivity contribution in [2.75, 3.05) is 36.8 Å². The van der Waals surface area contributed by atoms with Crippen LogP contribution in [-0.2, 0) is 7.05 Å². The van der Waals surface area contributed by atoms with E-state index in [-0.39, 0.29) is 18.3 Å². The maximum atomic E-state index is 12.8. The standard InChI is InChI=1S/C17H22N4OS.ClH/c1-3-23-15-7-5-4-6-14(15)16(22)20-10-12-21(13-11-20)17-18-8-9-19(17)2;/h4-9H,3,10-13H2,1-2H3;1H. The third kappa shape index (κ3) is 3.87. The molecule has 0 radical (unpaired) electrons. The quantitative estimate of drug-likeness (QED) is 0.780. The van der Waals surface area contributed by atoms with Crippen LogP contribution in [0.4, 0.5) is 5.95 Å². The average molecular weight is 367 g/mol. The van der Waals surface area contributed by atoms with Gasteiger partial charge in [0.2, 0.25) is 5.95 Å². The first kappa shape index (κ1) is 18.7. The third-order valence-corrected chi connectivity index (χ3v) is 5.02. The minimum atomic E-state index is 0. The van der Waals surface area contributed by atoms with Crippen LogP contribution in [0, 0.1) is 0 Å². The smallest absolute Gasteiger partial charge is 0.255 e. The van der Waals surface area contributed by atoms with E-state index >= 15 is 0 Å². The number of aromatic nitrogens is 2. The summed E-state index contributed by atoms with van der Waals surface area (Å²) in [6, 6.07) is 7.90. The van der Waals surface area contributed by atoms with E-state index in [1.807, 2.05) is 53.2 Å². The van der Waals surface area contributed by atoms with Crippen LogP contribution in [0.5, 0.6) is 0 Å². The van der Waals surface area contributed by atoms with Crippen molar-refractivity contribution in [3.8, 4) is 0 Å². The van der Waals surface area contributed by atoms with Gasteiger partial charge < -0.3 is 14.4 Å². The van der Waals surface area contributed by atoms with E-state index < -0.39 is 0 Å². The average Bonchev–Trinajstić information content (AvgIpc) is 3.01. The number of benzene rings is 1. The molecular formula is C17H23ClN4OS. The first-order valence-corrected chi connectivity index (χ1v) is 8.92. The Morgan fingerprint density at radius 2 is 1.92 bits per heavy atom. The van der Waals surface area contributed by atoms with E-state index in [2.05, 4.69) is 16.8 Å². The van der Waals surface area contributed by atoms with Gasteiger partial charge in [-0.15, -0.1) is 24.2 Å². The molecule has 1 saturated heterocycles. The van der Waals surface area contributed by atoms with E-state index in [1.54, 1.807) is 11.8 Å². The van der Waals surface area contributed by atoms with Crippen LogP contribution in [0.1, 0.15) is 17.3 Å². The highest BCUT2D eigenvalue weighted by Gasteiger charge is 2.25. The van der Waals surface area contributed by atoms with E-state index in [0.29, 0.717) is 0 Å². The number of nitrogens with zero attached hydrogens (tertiary/aromatic N) is 4. The molecule has 5 nitrogen and oxygen atoms in total. The lowest BCUT2D eigenvalue weighted by Gasteiger charge is -2.35. The second-order valence-electron chi connectivity index (χ2n) is 5.55. The zero-order chi connectivity index (χ0) is 16.2. The Hall–Kier alpha value is -1.66. The summed E-state index contributed by atoms with van der Waals surface area (Å²) in [4.78, 5) is 22.5. The van der Waals surface area contributed by atoms with E-state index in [9.17, 15) is 4.79 Å². The molecule has 1 aliphatic rings. The lowest BCUT2D eigenvalue weighted by molar-refractivity contribution is 0.0742. The molecule has 0 atom stereocenters. The van der Waals surface area contributed by atoms with Crippen LogP contribution >= 0.6 is 24.2 Å². The van der Waals surface area contributed by atoms with Gasteiger partial charge in [0.05, 0.1) is 5.56 Å². The number of halogens is 1. The van der Waals surface area contributed by atoms with Gasteiger partial charge in [0.15, 0.2) is 0 Å². The van der Waals surface area contributed by atoms with Crippen molar-refractivity contribution in [1.29, 1.82) is 0 Å². The van der Waals surface area contributed by atoms with Gasteiger partial charge in [0.25, 0.3) is 5.91 Å². The molecule has 1 aliphatic heterocycles. The van der Waals surface area contributed by atoms with Gasteiger partial charge >= 0.3 is 0 Å². The number of rotatable bonds is 4. The van der Waals surface area contributed by atoms with Crippen LogP contribution < -0.4 is 4.90 Å². The number of amides is 1. The fourth-order valence-corrected chi connectivity index (χ4v) is 3.66. The molecule has 0 saturated carbocycles. The highest BCUT2D eigenvalue weighted by Crippen LogP contribution is 2.24. The fourth-order valence-electron chi connectivity index (χ4n) is 2.87. The Balaban J connectivity index is 0.00000208. The number of hydrogen-bond donors (Lipinski definition) is 0. The van der Waals surface area contributed by atoms with Crippen LogP contribution in [0.25, 0.3) is 0 Å². The topological polar surface area (TPSA) is 41.4 Å². The Labute approximate surface area is 153 Å². The summed E-state index contributed by atoms with van der Waals surface area (Å²) in [6.07, 6.45) is 3.76. The minimum Gasteiger partial charge on any atom is -0.339 e. The Bertz CT molecular complexity index is 683. The van der Waals surface area contributed by atoms with Crippen LogP contribution in [0.2, 0.25) is 0 Å². The highest BCUT2D eigenvalue weighted by atomic mass is 35.5. The second-order valence-corrected chi connectivity index (χ2v) is 6.85. The monoisotopic (exact) mass is 366 g/mol. The molecule has 24 heavy (non-hydrogen) atoms. The summed E-state index contributed by atoms with van der Waals surface area (Å²) in [7, 11) is 2.00. The van der Waals surface area contributed by atoms with Crippen molar-refractivity contribution in [2.45, 2.75) is 11.8 Å². The van der Waals surface area contributed by atoms with Gasteiger partial charge in [-0.05, 0) is 17.9 Å². The number of anilines is 1. The van der Waals surface area contributed by atoms with Gasteiger partial charge in [-0.2, -0.15) is 0 Å². The largest absolute Gasteiger partial charge is 0.339 e. The molecular weight excluding hydrogens is 344 g/mol. The predicted molar refractivity (Wildman–Crippen MR) is 101 cm³/mol. The third-order valence-electron chi connectivity index (χ3n) is 4.06. The summed E-state index contributed by atoms with van der Waals surface area (Å²) in [5.74, 6) is 2.08. The molecule has 0 bridgehead atoms. The molecule has 2 aromatic rings. The van der Waals surface area contributed by atoms with Gasteiger partial charge in [-0.25, -0.2) is 4.98 Å². The lowest BCUT2D eigenvalue weighted by atomic mass is 10.2. The van der Waals surface area contributed by atoms with Gasteiger partial charge in [-0.1, -0.05) is 19.1 Å². The molecule has 1 aromatic carbocycles.